The van der Waals surface area contributed by atoms with E-state index >= 15 is 0 Å². The molecule has 5 nitrogen and oxygen atoms in total. The topological polar surface area (TPSA) is 50.8 Å². The maximum Gasteiger partial charge on any atom is 0.431 e. The Balaban J connectivity index is 1.48. The summed E-state index contributed by atoms with van der Waals surface area (Å²) in [5.74, 6) is -0.107. The van der Waals surface area contributed by atoms with Crippen molar-refractivity contribution in [1.82, 2.24) is 10.2 Å². The molecule has 2 heterocycles. The summed E-state index contributed by atoms with van der Waals surface area (Å²) in [6, 6.07) is 19.3. The van der Waals surface area contributed by atoms with E-state index in [-0.39, 0.29) is 30.0 Å². The Bertz CT molecular complexity index is 1300. The summed E-state index contributed by atoms with van der Waals surface area (Å²) < 4.78 is 55.6. The van der Waals surface area contributed by atoms with Crippen LogP contribution in [0.4, 0.5) is 13.2 Å². The molecule has 2 aliphatic rings. The molecule has 2 fully saturated rings. The number of nitrogens with zero attached hydrogens (tertiary/aromatic N) is 1. The molecule has 1 amide bonds. The standard InChI is InChI=1S/C30H33F3N2O3/c1-37-26-13-6-5-11-23(26)25-20-34-17-14-28(25)15-18-35(19-16-28)27(36)29(38-2,30(31,32)33)24-12-7-9-21-8-3-4-10-22(21)24/h3-13,25,34H,14-20H2,1-2H3. The number of ether oxygens (including phenoxy) is 2. The van der Waals surface area contributed by atoms with Crippen LogP contribution in [0.1, 0.15) is 36.3 Å². The number of rotatable bonds is 5. The highest BCUT2D eigenvalue weighted by Gasteiger charge is 2.64. The highest BCUT2D eigenvalue weighted by molar-refractivity contribution is 5.95. The molecule has 0 bridgehead atoms. The molecule has 202 valence electrons. The van der Waals surface area contributed by atoms with Crippen molar-refractivity contribution in [2.45, 2.75) is 37.0 Å². The third-order valence-electron chi connectivity index (χ3n) is 8.62. The monoisotopic (exact) mass is 526 g/mol. The average Bonchev–Trinajstić information content (AvgIpc) is 2.93. The van der Waals surface area contributed by atoms with Crippen molar-refractivity contribution < 1.29 is 27.4 Å². The molecule has 0 aromatic heterocycles. The number of likely N-dealkylation sites (tertiary alicyclic amines) is 1. The Hall–Kier alpha value is -3.10. The molecular weight excluding hydrogens is 493 g/mol. The lowest BCUT2D eigenvalue weighted by molar-refractivity contribution is -0.270. The van der Waals surface area contributed by atoms with E-state index in [1.165, 1.54) is 11.0 Å². The molecule has 2 aliphatic heterocycles. The van der Waals surface area contributed by atoms with Gasteiger partial charge in [-0.1, -0.05) is 60.7 Å². The van der Waals surface area contributed by atoms with Gasteiger partial charge >= 0.3 is 6.18 Å². The lowest BCUT2D eigenvalue weighted by Gasteiger charge is -2.51. The molecule has 1 N–H and O–H groups in total. The summed E-state index contributed by atoms with van der Waals surface area (Å²) in [4.78, 5) is 15.3. The van der Waals surface area contributed by atoms with Crippen LogP contribution >= 0.6 is 0 Å². The molecule has 38 heavy (non-hydrogen) atoms. The quantitative estimate of drug-likeness (QED) is 0.468. The Morgan fingerprint density at radius 2 is 1.63 bits per heavy atom. The Kier molecular flexibility index (Phi) is 7.13. The third kappa shape index (κ3) is 4.24. The number of carbonyl (C=O) groups is 1. The van der Waals surface area contributed by atoms with Crippen molar-refractivity contribution in [3.05, 3.63) is 77.9 Å². The van der Waals surface area contributed by atoms with Crippen LogP contribution in [0.5, 0.6) is 5.75 Å². The summed E-state index contributed by atoms with van der Waals surface area (Å²) >= 11 is 0. The Morgan fingerprint density at radius 3 is 2.34 bits per heavy atom. The number of para-hydroxylation sites is 1. The SMILES string of the molecule is COc1ccccc1C1CNCCC12CCN(C(=O)C(OC)(c1cccc3ccccc13)C(F)(F)F)CC2. The molecular formula is C30H33F3N2O3. The maximum absolute atomic E-state index is 14.9. The van der Waals surface area contributed by atoms with Crippen molar-refractivity contribution in [3.63, 3.8) is 0 Å². The van der Waals surface area contributed by atoms with Crippen LogP contribution in [-0.4, -0.2) is 57.4 Å². The zero-order valence-electron chi connectivity index (χ0n) is 21.7. The first-order valence-corrected chi connectivity index (χ1v) is 13.0. The Labute approximate surface area is 220 Å². The second-order valence-electron chi connectivity index (χ2n) is 10.3. The molecule has 2 unspecified atom stereocenters. The lowest BCUT2D eigenvalue weighted by Crippen LogP contribution is -2.60. The van der Waals surface area contributed by atoms with Gasteiger partial charge in [0, 0.05) is 38.2 Å². The molecule has 8 heteroatoms. The highest BCUT2D eigenvalue weighted by Crippen LogP contribution is 2.52. The van der Waals surface area contributed by atoms with E-state index in [1.54, 1.807) is 43.5 Å². The molecule has 2 atom stereocenters. The minimum atomic E-state index is -4.95. The third-order valence-corrected chi connectivity index (χ3v) is 8.62. The molecule has 3 aromatic rings. The van der Waals surface area contributed by atoms with E-state index in [4.69, 9.17) is 9.47 Å². The van der Waals surface area contributed by atoms with Gasteiger partial charge in [0.1, 0.15) is 5.75 Å². The van der Waals surface area contributed by atoms with Crippen LogP contribution in [0.15, 0.2) is 66.7 Å². The first-order valence-electron chi connectivity index (χ1n) is 13.0. The van der Waals surface area contributed by atoms with Gasteiger partial charge in [0.05, 0.1) is 7.11 Å². The molecule has 0 radical (unpaired) electrons. The Morgan fingerprint density at radius 1 is 0.947 bits per heavy atom. The number of hydrogen-bond acceptors (Lipinski definition) is 4. The zero-order chi connectivity index (χ0) is 27.0. The second-order valence-corrected chi connectivity index (χ2v) is 10.3. The number of amides is 1. The van der Waals surface area contributed by atoms with E-state index < -0.39 is 17.7 Å². The fraction of sp³-hybridized carbons (Fsp3) is 0.433. The van der Waals surface area contributed by atoms with Crippen LogP contribution in [0.3, 0.4) is 0 Å². The number of benzene rings is 3. The predicted octanol–water partition coefficient (Wildman–Crippen LogP) is 5.64. The zero-order valence-corrected chi connectivity index (χ0v) is 21.7. The maximum atomic E-state index is 14.9. The van der Waals surface area contributed by atoms with E-state index in [9.17, 15) is 18.0 Å². The van der Waals surface area contributed by atoms with Crippen LogP contribution in [-0.2, 0) is 15.1 Å². The minimum absolute atomic E-state index is 0.135. The predicted molar refractivity (Wildman–Crippen MR) is 140 cm³/mol. The summed E-state index contributed by atoms with van der Waals surface area (Å²) in [7, 11) is 2.63. The summed E-state index contributed by atoms with van der Waals surface area (Å²) in [6.45, 7) is 2.06. The van der Waals surface area contributed by atoms with Crippen LogP contribution in [0.25, 0.3) is 10.8 Å². The first kappa shape index (κ1) is 26.5. The van der Waals surface area contributed by atoms with Crippen LogP contribution in [0, 0.1) is 5.41 Å². The number of methoxy groups -OCH3 is 2. The van der Waals surface area contributed by atoms with Gasteiger partial charge in [0.25, 0.3) is 11.5 Å². The fourth-order valence-electron chi connectivity index (χ4n) is 6.58. The number of piperidine rings is 2. The largest absolute Gasteiger partial charge is 0.496 e. The lowest BCUT2D eigenvalue weighted by atomic mass is 9.62. The van der Waals surface area contributed by atoms with Crippen LogP contribution < -0.4 is 10.1 Å². The fourth-order valence-corrected chi connectivity index (χ4v) is 6.58. The number of nitrogens with one attached hydrogen (secondary N) is 1. The van der Waals surface area contributed by atoms with Crippen LogP contribution in [0.2, 0.25) is 0 Å². The molecule has 1 spiro atoms. The van der Waals surface area contributed by atoms with Crippen molar-refractivity contribution in [2.75, 3.05) is 40.4 Å². The molecule has 0 aliphatic carbocycles. The van der Waals surface area contributed by atoms with Gasteiger partial charge in [-0.15, -0.1) is 0 Å². The van der Waals surface area contributed by atoms with E-state index in [0.717, 1.165) is 37.9 Å². The molecule has 0 saturated carbocycles. The van der Waals surface area contributed by atoms with Crippen molar-refractivity contribution in [2.24, 2.45) is 5.41 Å². The minimum Gasteiger partial charge on any atom is -0.496 e. The number of carbonyl (C=O) groups excluding carboxylic acids is 1. The van der Waals surface area contributed by atoms with Gasteiger partial charge in [-0.05, 0) is 53.6 Å². The summed E-state index contributed by atoms with van der Waals surface area (Å²) in [5, 5.41) is 4.45. The van der Waals surface area contributed by atoms with Crippen molar-refractivity contribution in [3.8, 4) is 5.75 Å². The van der Waals surface area contributed by atoms with Crippen molar-refractivity contribution in [1.29, 1.82) is 0 Å². The van der Waals surface area contributed by atoms with E-state index in [2.05, 4.69) is 11.4 Å². The van der Waals surface area contributed by atoms with E-state index in [1.807, 2.05) is 18.2 Å². The first-order chi connectivity index (χ1) is 18.3. The number of halogens is 3. The van der Waals surface area contributed by atoms with Gasteiger partial charge < -0.3 is 19.7 Å². The second kappa shape index (κ2) is 10.2. The molecule has 3 aromatic carbocycles. The van der Waals surface area contributed by atoms with Gasteiger partial charge in [-0.3, -0.25) is 4.79 Å². The number of alkyl halides is 3. The van der Waals surface area contributed by atoms with Crippen molar-refractivity contribution >= 4 is 16.7 Å². The smallest absolute Gasteiger partial charge is 0.431 e. The molecule has 2 saturated heterocycles. The number of hydrogen-bond donors (Lipinski definition) is 1. The van der Waals surface area contributed by atoms with Gasteiger partial charge in [-0.25, -0.2) is 0 Å². The average molecular weight is 527 g/mol. The molecule has 5 rings (SSSR count). The summed E-state index contributed by atoms with van der Waals surface area (Å²) in [5.41, 5.74) is -2.30. The van der Waals surface area contributed by atoms with E-state index in [0.29, 0.717) is 23.6 Å². The van der Waals surface area contributed by atoms with Gasteiger partial charge in [-0.2, -0.15) is 13.2 Å². The number of fused-ring (bicyclic) bond motifs is 1. The summed E-state index contributed by atoms with van der Waals surface area (Å²) in [6.07, 6.45) is -2.85. The van der Waals surface area contributed by atoms with Gasteiger partial charge in [0.2, 0.25) is 0 Å². The van der Waals surface area contributed by atoms with Gasteiger partial charge in [0.15, 0.2) is 0 Å². The normalized spacial score (nSPS) is 21.3. The highest BCUT2D eigenvalue weighted by atomic mass is 19.4.